The number of hydrogen-bond donors (Lipinski definition) is 0. The summed E-state index contributed by atoms with van der Waals surface area (Å²) in [7, 11) is 0. The van der Waals surface area contributed by atoms with Crippen LogP contribution >= 0.6 is 0 Å². The average molecular weight is 1370 g/mol. The third-order valence-corrected chi connectivity index (χ3v) is 28.0. The molecule has 0 N–H and O–H groups in total. The van der Waals surface area contributed by atoms with Crippen molar-refractivity contribution in [2.75, 3.05) is 0 Å². The standard InChI is InChI=1S/C57H40.C50H42/c1-35-22-25-46-47(32-35)55(39-24-27-43-41-15-7-11-21-51(41)57(53(43)34-39)31-29-37-13-3-9-19-49(37)57)45-17-5-4-16-44(45)54(46)38-23-26-42-40-14-6-10-20-50(40)56(52(42)33-38)30-28-36-12-2-8-18-48(36)56;1-11-27-49(28-12-1)43-21-9-7-15-35(43)37-25-23-33(31-45(37)49)47-39-17-3-5-19-41(39)48(42-20-6-4-18-40(42)47)34-24-26-38-36-16-8-10-22-44(36)50(46(38)32-34)29-13-2-14-30-50/h2-27,32-34H,28-31H2,1H3;3-10,15-26,31-32H,1-2,11-14,27-30H2. The Morgan fingerprint density at radius 2 is 0.477 bits per heavy atom. The van der Waals surface area contributed by atoms with E-state index in [1.807, 2.05) is 0 Å². The maximum atomic E-state index is 2.61. The first-order valence-electron chi connectivity index (χ1n) is 40.0. The lowest BCUT2D eigenvalue weighted by molar-refractivity contribution is 0.353. The van der Waals surface area contributed by atoms with E-state index >= 15 is 0 Å². The van der Waals surface area contributed by atoms with E-state index in [-0.39, 0.29) is 21.7 Å². The van der Waals surface area contributed by atoms with E-state index in [9.17, 15) is 0 Å². The molecule has 0 bridgehead atoms. The summed E-state index contributed by atoms with van der Waals surface area (Å²) in [5.74, 6) is 0. The molecule has 2 fully saturated rings. The second-order valence-electron chi connectivity index (χ2n) is 32.8. The molecule has 510 valence electrons. The Balaban J connectivity index is 0.000000131. The second-order valence-corrected chi connectivity index (χ2v) is 32.8. The molecule has 16 aromatic rings. The maximum Gasteiger partial charge on any atom is 0.0469 e. The Morgan fingerprint density at radius 3 is 0.860 bits per heavy atom. The molecule has 0 heteroatoms. The van der Waals surface area contributed by atoms with E-state index in [0.717, 1.165) is 25.7 Å². The molecule has 0 aliphatic heterocycles. The molecule has 8 aliphatic rings. The maximum absolute atomic E-state index is 2.61. The molecule has 0 saturated heterocycles. The molecular formula is C107H82. The van der Waals surface area contributed by atoms with E-state index in [0.29, 0.717) is 0 Å². The summed E-state index contributed by atoms with van der Waals surface area (Å²) in [6.07, 6.45) is 17.4. The normalized spacial score (nSPS) is 18.6. The van der Waals surface area contributed by atoms with Crippen LogP contribution in [0.2, 0.25) is 0 Å². The van der Waals surface area contributed by atoms with Crippen LogP contribution in [0.1, 0.15) is 149 Å². The lowest BCUT2D eigenvalue weighted by atomic mass is 9.67. The highest BCUT2D eigenvalue weighted by Gasteiger charge is 2.51. The van der Waals surface area contributed by atoms with Gasteiger partial charge >= 0.3 is 0 Å². The molecule has 16 aromatic carbocycles. The van der Waals surface area contributed by atoms with Crippen LogP contribution in [0.25, 0.3) is 132 Å². The molecular weight excluding hydrogens is 1290 g/mol. The number of fused-ring (bicyclic) bond motifs is 28. The molecule has 2 atom stereocenters. The van der Waals surface area contributed by atoms with Crippen molar-refractivity contribution in [1.29, 1.82) is 0 Å². The van der Waals surface area contributed by atoms with Crippen molar-refractivity contribution < 1.29 is 0 Å². The molecule has 2 saturated carbocycles. The van der Waals surface area contributed by atoms with Gasteiger partial charge in [0.1, 0.15) is 0 Å². The topological polar surface area (TPSA) is 0 Å². The average Bonchev–Trinajstić information content (AvgIpc) is 1.57. The summed E-state index contributed by atoms with van der Waals surface area (Å²) >= 11 is 0. The van der Waals surface area contributed by atoms with Gasteiger partial charge in [0.15, 0.2) is 0 Å². The number of aryl methyl sites for hydroxylation is 3. The minimum atomic E-state index is -0.128. The Bertz CT molecular complexity index is 6260. The predicted molar refractivity (Wildman–Crippen MR) is 448 cm³/mol. The fraction of sp³-hybridized carbons (Fsp3) is 0.178. The molecule has 0 amide bonds. The van der Waals surface area contributed by atoms with E-state index in [1.54, 1.807) is 22.3 Å². The van der Waals surface area contributed by atoms with Crippen LogP contribution in [0.4, 0.5) is 0 Å². The highest BCUT2D eigenvalue weighted by atomic mass is 14.5. The molecule has 2 unspecified atom stereocenters. The van der Waals surface area contributed by atoms with Crippen LogP contribution in [0.15, 0.2) is 309 Å². The van der Waals surface area contributed by atoms with Crippen molar-refractivity contribution in [1.82, 2.24) is 0 Å². The quantitative estimate of drug-likeness (QED) is 0.154. The molecule has 24 rings (SSSR count). The Labute approximate surface area is 628 Å². The summed E-state index contributed by atoms with van der Waals surface area (Å²) in [6.45, 7) is 2.25. The molecule has 0 aromatic heterocycles. The molecule has 4 spiro atoms. The fourth-order valence-electron chi connectivity index (χ4n) is 23.7. The zero-order valence-electron chi connectivity index (χ0n) is 60.8. The van der Waals surface area contributed by atoms with Gasteiger partial charge in [-0.3, -0.25) is 0 Å². The van der Waals surface area contributed by atoms with E-state index < -0.39 is 0 Å². The summed E-state index contributed by atoms with van der Waals surface area (Å²) in [4.78, 5) is 0. The highest BCUT2D eigenvalue weighted by molar-refractivity contribution is 6.23. The SMILES string of the molecule is Cc1ccc2c(-c3ccc4c(c3)C3(CCc5ccccc53)c3ccccc3-4)c3ccccc3c(-c3ccc4c(c3)C3(CCc5ccccc53)c3ccccc3-4)c2c1.c1ccc2c(c1)-c1ccc(-c3c4ccccc4c(-c4ccc5c(c4)C4(CCCCC4)c4ccccc4-5)c4ccccc34)cc1C21CCCCC1. The largest absolute Gasteiger partial charge is 0.0620 e. The van der Waals surface area contributed by atoms with Crippen molar-refractivity contribution in [3.05, 3.63) is 382 Å². The summed E-state index contributed by atoms with van der Waals surface area (Å²) in [5.41, 5.74) is 41.4. The van der Waals surface area contributed by atoms with E-state index in [1.165, 1.54) is 246 Å². The van der Waals surface area contributed by atoms with Crippen LogP contribution in [0.3, 0.4) is 0 Å². The molecule has 8 aliphatic carbocycles. The third-order valence-electron chi connectivity index (χ3n) is 28.0. The van der Waals surface area contributed by atoms with Crippen molar-refractivity contribution in [3.8, 4) is 89.0 Å². The van der Waals surface area contributed by atoms with Gasteiger partial charge in [0, 0.05) is 21.7 Å². The van der Waals surface area contributed by atoms with Gasteiger partial charge in [0.25, 0.3) is 0 Å². The monoisotopic (exact) mass is 1370 g/mol. The molecule has 0 nitrogen and oxygen atoms in total. The van der Waals surface area contributed by atoms with Crippen LogP contribution in [0.5, 0.6) is 0 Å². The van der Waals surface area contributed by atoms with Gasteiger partial charge in [-0.2, -0.15) is 0 Å². The molecule has 107 heavy (non-hydrogen) atoms. The van der Waals surface area contributed by atoms with E-state index in [2.05, 4.69) is 316 Å². The first-order chi connectivity index (χ1) is 52.9. The van der Waals surface area contributed by atoms with Crippen molar-refractivity contribution in [3.63, 3.8) is 0 Å². The first kappa shape index (κ1) is 61.8. The smallest absolute Gasteiger partial charge is 0.0469 e. The number of rotatable bonds is 4. The van der Waals surface area contributed by atoms with E-state index in [4.69, 9.17) is 0 Å². The predicted octanol–water partition coefficient (Wildman–Crippen LogP) is 27.9. The summed E-state index contributed by atoms with van der Waals surface area (Å²) < 4.78 is 0. The van der Waals surface area contributed by atoms with Gasteiger partial charge in [-0.25, -0.2) is 0 Å². The number of benzene rings is 16. The van der Waals surface area contributed by atoms with Crippen molar-refractivity contribution >= 4 is 43.1 Å². The van der Waals surface area contributed by atoms with Gasteiger partial charge in [-0.1, -0.05) is 329 Å². The zero-order chi connectivity index (χ0) is 70.3. The second kappa shape index (κ2) is 23.3. The Hall–Kier alpha value is -11.4. The lowest BCUT2D eigenvalue weighted by Gasteiger charge is -2.36. The highest BCUT2D eigenvalue weighted by Crippen LogP contribution is 2.64. The number of hydrogen-bond acceptors (Lipinski definition) is 0. The van der Waals surface area contributed by atoms with Gasteiger partial charge in [-0.05, 0) is 281 Å². The minimum absolute atomic E-state index is 0.128. The van der Waals surface area contributed by atoms with Crippen LogP contribution in [0, 0.1) is 6.92 Å². The van der Waals surface area contributed by atoms with Crippen molar-refractivity contribution in [2.24, 2.45) is 0 Å². The Morgan fingerprint density at radius 1 is 0.196 bits per heavy atom. The van der Waals surface area contributed by atoms with Crippen molar-refractivity contribution in [2.45, 2.75) is 118 Å². The Kier molecular flexibility index (Phi) is 13.5. The van der Waals surface area contributed by atoms with Crippen LogP contribution in [-0.2, 0) is 34.5 Å². The van der Waals surface area contributed by atoms with Crippen LogP contribution < -0.4 is 0 Å². The van der Waals surface area contributed by atoms with Gasteiger partial charge in [0.2, 0.25) is 0 Å². The van der Waals surface area contributed by atoms with Crippen LogP contribution in [-0.4, -0.2) is 0 Å². The fourth-order valence-corrected chi connectivity index (χ4v) is 23.7. The molecule has 0 radical (unpaired) electrons. The summed E-state index contributed by atoms with van der Waals surface area (Å²) in [5, 5.41) is 10.7. The molecule has 0 heterocycles. The van der Waals surface area contributed by atoms with Gasteiger partial charge in [-0.15, -0.1) is 0 Å². The van der Waals surface area contributed by atoms with Gasteiger partial charge in [0.05, 0.1) is 0 Å². The minimum Gasteiger partial charge on any atom is -0.0620 e. The first-order valence-corrected chi connectivity index (χ1v) is 40.0. The summed E-state index contributed by atoms with van der Waals surface area (Å²) in [6, 6.07) is 120. The zero-order valence-corrected chi connectivity index (χ0v) is 60.8. The van der Waals surface area contributed by atoms with Gasteiger partial charge < -0.3 is 0 Å². The lowest BCUT2D eigenvalue weighted by Crippen LogP contribution is -2.28. The third kappa shape index (κ3) is 8.51.